The van der Waals surface area contributed by atoms with Crippen molar-refractivity contribution in [3.63, 3.8) is 0 Å². The highest BCUT2D eigenvalue weighted by molar-refractivity contribution is 14.1. The minimum absolute atomic E-state index is 0.0393. The Labute approximate surface area is 176 Å². The molecule has 2 N–H and O–H groups in total. The normalized spacial score (nSPS) is 21.1. The highest BCUT2D eigenvalue weighted by atomic mass is 127. The van der Waals surface area contributed by atoms with E-state index in [0.717, 1.165) is 16.7 Å². The molecule has 3 unspecified atom stereocenters. The molecule has 0 bridgehead atoms. The minimum Gasteiger partial charge on any atom is -0.508 e. The third-order valence-corrected chi connectivity index (χ3v) is 6.46. The van der Waals surface area contributed by atoms with Crippen LogP contribution in [-0.2, 0) is 0 Å². The predicted octanol–water partition coefficient (Wildman–Crippen LogP) is 5.92. The summed E-state index contributed by atoms with van der Waals surface area (Å²) in [5.41, 5.74) is 4.28. The first-order chi connectivity index (χ1) is 13.4. The summed E-state index contributed by atoms with van der Waals surface area (Å²) in [5, 5.41) is 19.8. The number of ether oxygens (including phenoxy) is 1. The zero-order valence-corrected chi connectivity index (χ0v) is 17.6. The lowest BCUT2D eigenvalue weighted by molar-refractivity contribution is 0.228. The molecule has 0 aliphatic carbocycles. The van der Waals surface area contributed by atoms with E-state index in [0.29, 0.717) is 16.9 Å². The lowest BCUT2D eigenvalue weighted by Gasteiger charge is -2.39. The molecule has 3 aromatic carbocycles. The van der Waals surface area contributed by atoms with E-state index in [4.69, 9.17) is 4.74 Å². The van der Waals surface area contributed by atoms with E-state index < -0.39 is 0 Å². The van der Waals surface area contributed by atoms with Gasteiger partial charge < -0.3 is 14.9 Å². The van der Waals surface area contributed by atoms with E-state index in [-0.39, 0.29) is 33.3 Å². The molecule has 3 atom stereocenters. The van der Waals surface area contributed by atoms with Crippen molar-refractivity contribution in [1.82, 2.24) is 0 Å². The van der Waals surface area contributed by atoms with Gasteiger partial charge in [-0.05, 0) is 77.4 Å². The zero-order valence-electron chi connectivity index (χ0n) is 15.5. The molecular weight excluding hydrogens is 470 g/mol. The van der Waals surface area contributed by atoms with Gasteiger partial charge in [-0.3, -0.25) is 0 Å². The van der Waals surface area contributed by atoms with Crippen molar-refractivity contribution in [2.24, 2.45) is 0 Å². The largest absolute Gasteiger partial charge is 0.508 e. The highest BCUT2D eigenvalue weighted by Gasteiger charge is 2.40. The molecule has 3 nitrogen and oxygen atoms in total. The van der Waals surface area contributed by atoms with Crippen LogP contribution in [0.3, 0.4) is 0 Å². The van der Waals surface area contributed by atoms with E-state index in [1.165, 1.54) is 6.07 Å². The Bertz CT molecular complexity index is 1030. The molecule has 0 spiro atoms. The van der Waals surface area contributed by atoms with Gasteiger partial charge >= 0.3 is 0 Å². The van der Waals surface area contributed by atoms with Crippen LogP contribution in [0.1, 0.15) is 39.7 Å². The van der Waals surface area contributed by atoms with E-state index in [1.54, 1.807) is 25.1 Å². The second kappa shape index (κ2) is 7.28. The van der Waals surface area contributed by atoms with Crippen molar-refractivity contribution in [2.75, 3.05) is 0 Å². The first kappa shape index (κ1) is 19.1. The van der Waals surface area contributed by atoms with Gasteiger partial charge in [-0.25, -0.2) is 4.39 Å². The summed E-state index contributed by atoms with van der Waals surface area (Å²) in [6.07, 6.45) is 0. The monoisotopic (exact) mass is 490 g/mol. The first-order valence-electron chi connectivity index (χ1n) is 9.05. The van der Waals surface area contributed by atoms with Crippen LogP contribution >= 0.6 is 22.6 Å². The Hall–Kier alpha value is -2.28. The zero-order chi connectivity index (χ0) is 20.0. The van der Waals surface area contributed by atoms with Crippen LogP contribution in [0.25, 0.3) is 0 Å². The van der Waals surface area contributed by atoms with Crippen molar-refractivity contribution in [1.29, 1.82) is 0 Å². The molecular formula is C23H20FIO3. The molecule has 0 saturated carbocycles. The summed E-state index contributed by atoms with van der Waals surface area (Å²) >= 11 is 2.27. The van der Waals surface area contributed by atoms with Gasteiger partial charge in [0.25, 0.3) is 0 Å². The second-order valence-electron chi connectivity index (χ2n) is 7.20. The lowest BCUT2D eigenvalue weighted by Crippen LogP contribution is -2.31. The van der Waals surface area contributed by atoms with Crippen molar-refractivity contribution in [2.45, 2.75) is 29.8 Å². The number of phenolic OH excluding ortho intramolecular Hbond substituents is 2. The standard InChI is InChI=1S/C23H20FIO3/c1-12-11-15(5-9-18(12)24)20-17-8-10-19(27)13(2)22(17)28-23(25)21(20)14-3-6-16(26)7-4-14/h3-11,20-21,23,26-27H,1-2H3. The molecule has 4 rings (SSSR count). The maximum absolute atomic E-state index is 13.9. The van der Waals surface area contributed by atoms with Gasteiger partial charge in [-0.1, -0.05) is 30.3 Å². The molecule has 0 fully saturated rings. The fraction of sp³-hybridized carbons (Fsp3) is 0.217. The van der Waals surface area contributed by atoms with Gasteiger partial charge in [0, 0.05) is 23.0 Å². The van der Waals surface area contributed by atoms with Gasteiger partial charge in [-0.15, -0.1) is 0 Å². The van der Waals surface area contributed by atoms with E-state index in [2.05, 4.69) is 22.6 Å². The minimum atomic E-state index is -0.231. The number of alkyl halides is 1. The van der Waals surface area contributed by atoms with Crippen molar-refractivity contribution < 1.29 is 19.3 Å². The van der Waals surface area contributed by atoms with E-state index >= 15 is 0 Å². The number of hydrogen-bond acceptors (Lipinski definition) is 3. The first-order valence-corrected chi connectivity index (χ1v) is 10.3. The van der Waals surface area contributed by atoms with Crippen molar-refractivity contribution >= 4 is 22.6 Å². The molecule has 144 valence electrons. The molecule has 28 heavy (non-hydrogen) atoms. The number of halogens is 2. The summed E-state index contributed by atoms with van der Waals surface area (Å²) in [5.74, 6) is 0.739. The third-order valence-electron chi connectivity index (χ3n) is 5.43. The fourth-order valence-corrected chi connectivity index (χ4v) is 5.01. The Morgan fingerprint density at radius 3 is 2.29 bits per heavy atom. The number of benzene rings is 3. The van der Waals surface area contributed by atoms with E-state index in [1.807, 2.05) is 37.3 Å². The number of rotatable bonds is 2. The fourth-order valence-electron chi connectivity index (χ4n) is 3.92. The molecule has 0 aromatic heterocycles. The molecule has 1 heterocycles. The summed E-state index contributed by atoms with van der Waals surface area (Å²) in [6.45, 7) is 3.60. The summed E-state index contributed by atoms with van der Waals surface area (Å²) in [6, 6.07) is 15.9. The maximum Gasteiger partial charge on any atom is 0.157 e. The molecule has 3 aromatic rings. The summed E-state index contributed by atoms with van der Waals surface area (Å²) in [4.78, 5) is 0. The van der Waals surface area contributed by atoms with Crippen LogP contribution in [0.4, 0.5) is 4.39 Å². The lowest BCUT2D eigenvalue weighted by atomic mass is 9.75. The smallest absolute Gasteiger partial charge is 0.157 e. The Morgan fingerprint density at radius 1 is 0.929 bits per heavy atom. The average Bonchev–Trinajstić information content (AvgIpc) is 2.67. The summed E-state index contributed by atoms with van der Waals surface area (Å²) < 4.78 is 20.0. The van der Waals surface area contributed by atoms with Crippen molar-refractivity contribution in [3.05, 3.63) is 88.2 Å². The van der Waals surface area contributed by atoms with E-state index in [9.17, 15) is 14.6 Å². The van der Waals surface area contributed by atoms with Crippen LogP contribution in [0.5, 0.6) is 17.2 Å². The third kappa shape index (κ3) is 3.21. The number of hydrogen-bond donors (Lipinski definition) is 2. The number of aryl methyl sites for hydroxylation is 1. The van der Waals surface area contributed by atoms with Crippen LogP contribution in [0, 0.1) is 19.7 Å². The molecule has 5 heteroatoms. The molecule has 1 aliphatic heterocycles. The van der Waals surface area contributed by atoms with Crippen molar-refractivity contribution in [3.8, 4) is 17.2 Å². The topological polar surface area (TPSA) is 49.7 Å². The Morgan fingerprint density at radius 2 is 1.61 bits per heavy atom. The quantitative estimate of drug-likeness (QED) is 0.346. The predicted molar refractivity (Wildman–Crippen MR) is 115 cm³/mol. The SMILES string of the molecule is Cc1cc(C2c3ccc(O)c(C)c3OC(I)C2c2ccc(O)cc2)ccc1F. The number of phenols is 2. The van der Waals surface area contributed by atoms with Crippen LogP contribution in [-0.4, -0.2) is 14.3 Å². The molecule has 0 saturated heterocycles. The van der Waals surface area contributed by atoms with Gasteiger partial charge in [0.1, 0.15) is 23.1 Å². The van der Waals surface area contributed by atoms with Gasteiger partial charge in [0.05, 0.1) is 0 Å². The Balaban J connectivity index is 1.94. The molecule has 0 amide bonds. The Kier molecular flexibility index (Phi) is 4.95. The number of aromatic hydroxyl groups is 2. The molecule has 1 aliphatic rings. The highest BCUT2D eigenvalue weighted by Crippen LogP contribution is 2.52. The number of fused-ring (bicyclic) bond motifs is 1. The van der Waals surface area contributed by atoms with Gasteiger partial charge in [0.2, 0.25) is 0 Å². The summed E-state index contributed by atoms with van der Waals surface area (Å²) in [7, 11) is 0. The van der Waals surface area contributed by atoms with Gasteiger partial charge in [-0.2, -0.15) is 0 Å². The van der Waals surface area contributed by atoms with Crippen LogP contribution < -0.4 is 4.74 Å². The molecule has 0 radical (unpaired) electrons. The van der Waals surface area contributed by atoms with Crippen LogP contribution in [0.2, 0.25) is 0 Å². The van der Waals surface area contributed by atoms with Crippen LogP contribution in [0.15, 0.2) is 54.6 Å². The van der Waals surface area contributed by atoms with Gasteiger partial charge in [0.15, 0.2) is 4.11 Å². The maximum atomic E-state index is 13.9. The second-order valence-corrected chi connectivity index (χ2v) is 8.43. The average molecular weight is 490 g/mol.